The molecule has 1 unspecified atom stereocenters. The summed E-state index contributed by atoms with van der Waals surface area (Å²) in [5.74, 6) is -0.740. The summed E-state index contributed by atoms with van der Waals surface area (Å²) in [6, 6.07) is 10.0. The molecule has 7 nitrogen and oxygen atoms in total. The van der Waals surface area contributed by atoms with Gasteiger partial charge >= 0.3 is 11.9 Å². The van der Waals surface area contributed by atoms with Crippen molar-refractivity contribution in [2.45, 2.75) is 31.2 Å². The number of benzene rings is 2. The fourth-order valence-electron chi connectivity index (χ4n) is 3.72. The molecule has 3 rings (SSSR count). The van der Waals surface area contributed by atoms with Crippen molar-refractivity contribution in [3.63, 3.8) is 0 Å². The second-order valence-electron chi connectivity index (χ2n) is 7.48. The molecule has 1 aliphatic carbocycles. The predicted molar refractivity (Wildman–Crippen MR) is 119 cm³/mol. The Morgan fingerprint density at radius 1 is 0.969 bits per heavy atom. The molecule has 0 heterocycles. The zero-order valence-electron chi connectivity index (χ0n) is 17.7. The molecule has 1 atom stereocenters. The molecule has 1 N–H and O–H groups in total. The van der Waals surface area contributed by atoms with Crippen LogP contribution in [0.3, 0.4) is 0 Å². The normalized spacial score (nSPS) is 16.8. The Morgan fingerprint density at radius 3 is 2.41 bits per heavy atom. The van der Waals surface area contributed by atoms with Gasteiger partial charge < -0.3 is 19.5 Å². The molecule has 0 radical (unpaired) electrons. The smallest absolute Gasteiger partial charge is 0.337 e. The third kappa shape index (κ3) is 5.34. The van der Waals surface area contributed by atoms with Crippen LogP contribution in [-0.4, -0.2) is 44.2 Å². The molecule has 0 aromatic heterocycles. The number of halogens is 2. The lowest BCUT2D eigenvalue weighted by molar-refractivity contribution is -0.150. The van der Waals surface area contributed by atoms with Crippen molar-refractivity contribution in [1.82, 2.24) is 5.32 Å². The number of carbonyl (C=O) groups is 3. The first-order chi connectivity index (χ1) is 15.3. The summed E-state index contributed by atoms with van der Waals surface area (Å²) in [4.78, 5) is 37.1. The lowest BCUT2D eigenvalue weighted by Gasteiger charge is -2.27. The van der Waals surface area contributed by atoms with E-state index in [-0.39, 0.29) is 25.2 Å². The molecule has 2 aromatic carbocycles. The number of rotatable bonds is 8. The Balaban J connectivity index is 1.60. The SMILES string of the molecule is COC(=O)c1ccc2c(c1)CC(NC(=O)CCCOc1ccc(Cl)c(Cl)c1)(C(=O)OC)C2. The van der Waals surface area contributed by atoms with Gasteiger partial charge in [-0.25, -0.2) is 9.59 Å². The van der Waals surface area contributed by atoms with Crippen molar-refractivity contribution in [3.05, 3.63) is 63.1 Å². The van der Waals surface area contributed by atoms with E-state index < -0.39 is 17.5 Å². The molecule has 1 amide bonds. The van der Waals surface area contributed by atoms with E-state index in [0.29, 0.717) is 34.4 Å². The van der Waals surface area contributed by atoms with Gasteiger partial charge in [-0.3, -0.25) is 4.79 Å². The summed E-state index contributed by atoms with van der Waals surface area (Å²) in [5.41, 5.74) is 0.832. The predicted octanol–water partition coefficient (Wildman–Crippen LogP) is 3.77. The number of hydrogen-bond donors (Lipinski definition) is 1. The molecule has 1 aliphatic rings. The summed E-state index contributed by atoms with van der Waals surface area (Å²) in [7, 11) is 2.59. The van der Waals surface area contributed by atoms with Crippen molar-refractivity contribution in [2.75, 3.05) is 20.8 Å². The fraction of sp³-hybridized carbons (Fsp3) is 0.348. The Labute approximate surface area is 195 Å². The number of hydrogen-bond acceptors (Lipinski definition) is 6. The Morgan fingerprint density at radius 2 is 1.72 bits per heavy atom. The van der Waals surface area contributed by atoms with Crippen molar-refractivity contribution in [3.8, 4) is 5.75 Å². The number of fused-ring (bicyclic) bond motifs is 1. The number of ether oxygens (including phenoxy) is 3. The molecule has 0 aliphatic heterocycles. The van der Waals surface area contributed by atoms with E-state index in [9.17, 15) is 14.4 Å². The van der Waals surface area contributed by atoms with Gasteiger partial charge in [0.05, 0.1) is 36.4 Å². The molecular formula is C23H23Cl2NO6. The van der Waals surface area contributed by atoms with Crippen LogP contribution < -0.4 is 10.1 Å². The lowest BCUT2D eigenvalue weighted by Crippen LogP contribution is -2.56. The summed E-state index contributed by atoms with van der Waals surface area (Å²) >= 11 is 11.8. The van der Waals surface area contributed by atoms with Crippen molar-refractivity contribution in [2.24, 2.45) is 0 Å². The quantitative estimate of drug-likeness (QED) is 0.457. The molecule has 170 valence electrons. The Bertz CT molecular complexity index is 1040. The highest BCUT2D eigenvalue weighted by Crippen LogP contribution is 2.32. The maximum absolute atomic E-state index is 12.6. The van der Waals surface area contributed by atoms with E-state index >= 15 is 0 Å². The van der Waals surface area contributed by atoms with Crippen LogP contribution in [0.15, 0.2) is 36.4 Å². The van der Waals surface area contributed by atoms with Crippen LogP contribution >= 0.6 is 23.2 Å². The Kier molecular flexibility index (Phi) is 7.64. The van der Waals surface area contributed by atoms with Crippen molar-refractivity contribution in [1.29, 1.82) is 0 Å². The number of nitrogens with one attached hydrogen (secondary N) is 1. The summed E-state index contributed by atoms with van der Waals surface area (Å²) < 4.78 is 15.3. The standard InChI is InChI=1S/C23H23Cl2NO6/c1-30-21(28)14-5-6-15-12-23(22(29)31-2,13-16(15)10-14)26-20(27)4-3-9-32-17-7-8-18(24)19(25)11-17/h5-8,10-11H,3-4,9,12-13H2,1-2H3,(H,26,27). The van der Waals surface area contributed by atoms with Gasteiger partial charge in [0.25, 0.3) is 0 Å². The average molecular weight is 480 g/mol. The molecular weight excluding hydrogens is 457 g/mol. The van der Waals surface area contributed by atoms with Crippen LogP contribution in [0.25, 0.3) is 0 Å². The third-order valence-electron chi connectivity index (χ3n) is 5.27. The zero-order valence-corrected chi connectivity index (χ0v) is 19.2. The lowest BCUT2D eigenvalue weighted by atomic mass is 9.95. The summed E-state index contributed by atoms with van der Waals surface area (Å²) in [5, 5.41) is 3.66. The highest BCUT2D eigenvalue weighted by Gasteiger charge is 2.46. The van der Waals surface area contributed by atoms with Crippen LogP contribution in [0.5, 0.6) is 5.75 Å². The third-order valence-corrected chi connectivity index (χ3v) is 6.01. The van der Waals surface area contributed by atoms with Gasteiger partial charge in [-0.1, -0.05) is 29.3 Å². The van der Waals surface area contributed by atoms with Gasteiger partial charge in [0.1, 0.15) is 11.3 Å². The minimum absolute atomic E-state index is 0.157. The first-order valence-electron chi connectivity index (χ1n) is 9.95. The number of carbonyl (C=O) groups excluding carboxylic acids is 3. The largest absolute Gasteiger partial charge is 0.494 e. The van der Waals surface area contributed by atoms with Crippen molar-refractivity contribution < 1.29 is 28.6 Å². The Hall–Kier alpha value is -2.77. The fourth-order valence-corrected chi connectivity index (χ4v) is 4.01. The summed E-state index contributed by atoms with van der Waals surface area (Å²) in [6.45, 7) is 0.291. The van der Waals surface area contributed by atoms with E-state index in [4.69, 9.17) is 37.4 Å². The maximum atomic E-state index is 12.6. The van der Waals surface area contributed by atoms with Gasteiger partial charge in [-0.05, 0) is 41.8 Å². The van der Waals surface area contributed by atoms with Gasteiger partial charge in [0, 0.05) is 25.3 Å². The van der Waals surface area contributed by atoms with Gasteiger partial charge in [-0.15, -0.1) is 0 Å². The van der Waals surface area contributed by atoms with E-state index in [1.54, 1.807) is 36.4 Å². The molecule has 0 saturated carbocycles. The summed E-state index contributed by atoms with van der Waals surface area (Å²) in [6.07, 6.45) is 1.10. The number of esters is 2. The van der Waals surface area contributed by atoms with Crippen molar-refractivity contribution >= 4 is 41.0 Å². The van der Waals surface area contributed by atoms with Crippen LogP contribution in [0.1, 0.15) is 34.3 Å². The second kappa shape index (κ2) is 10.2. The van der Waals surface area contributed by atoms with Crippen LogP contribution in [-0.2, 0) is 31.9 Å². The molecule has 0 saturated heterocycles. The monoisotopic (exact) mass is 479 g/mol. The topological polar surface area (TPSA) is 90.9 Å². The van der Waals surface area contributed by atoms with E-state index in [1.165, 1.54) is 14.2 Å². The highest BCUT2D eigenvalue weighted by molar-refractivity contribution is 6.42. The van der Waals surface area contributed by atoms with Gasteiger partial charge in [-0.2, -0.15) is 0 Å². The van der Waals surface area contributed by atoms with Gasteiger partial charge in [0.15, 0.2) is 0 Å². The second-order valence-corrected chi connectivity index (χ2v) is 8.29. The first-order valence-corrected chi connectivity index (χ1v) is 10.7. The first kappa shape index (κ1) is 23.9. The van der Waals surface area contributed by atoms with E-state index in [2.05, 4.69) is 5.32 Å². The minimum atomic E-state index is -1.21. The maximum Gasteiger partial charge on any atom is 0.337 e. The van der Waals surface area contributed by atoms with Crippen LogP contribution in [0.4, 0.5) is 0 Å². The minimum Gasteiger partial charge on any atom is -0.494 e. The molecule has 0 bridgehead atoms. The highest BCUT2D eigenvalue weighted by atomic mass is 35.5. The molecule has 2 aromatic rings. The van der Waals surface area contributed by atoms with E-state index in [0.717, 1.165) is 11.1 Å². The number of methoxy groups -OCH3 is 2. The number of amides is 1. The molecule has 0 spiro atoms. The average Bonchev–Trinajstić information content (AvgIpc) is 3.16. The molecule has 9 heteroatoms. The molecule has 0 fully saturated rings. The van der Waals surface area contributed by atoms with Gasteiger partial charge in [0.2, 0.25) is 5.91 Å². The van der Waals surface area contributed by atoms with E-state index in [1.807, 2.05) is 0 Å². The van der Waals surface area contributed by atoms with Crippen LogP contribution in [0.2, 0.25) is 10.0 Å². The zero-order chi connectivity index (χ0) is 23.3. The van der Waals surface area contributed by atoms with Crippen LogP contribution in [0, 0.1) is 0 Å². The molecule has 32 heavy (non-hydrogen) atoms.